The van der Waals surface area contributed by atoms with Crippen molar-refractivity contribution < 1.29 is 0 Å². The average Bonchev–Trinajstić information content (AvgIpc) is 2.21. The van der Waals surface area contributed by atoms with Crippen molar-refractivity contribution in [1.82, 2.24) is 0 Å². The number of nitrogens with two attached hydrogens (primary N) is 1. The van der Waals surface area contributed by atoms with E-state index in [1.165, 1.54) is 12.8 Å². The fourth-order valence-corrected chi connectivity index (χ4v) is 0.524. The van der Waals surface area contributed by atoms with Gasteiger partial charge in [-0.25, -0.2) is 0 Å². The number of hydrogen-bond acceptors (Lipinski definition) is 1. The molecule has 1 aliphatic rings. The van der Waals surface area contributed by atoms with Crippen LogP contribution < -0.4 is 5.73 Å². The van der Waals surface area contributed by atoms with Crippen LogP contribution in [-0.2, 0) is 0 Å². The summed E-state index contributed by atoms with van der Waals surface area (Å²) in [5, 5.41) is 0. The van der Waals surface area contributed by atoms with Crippen molar-refractivity contribution in [3.63, 3.8) is 0 Å². The van der Waals surface area contributed by atoms with Crippen LogP contribution in [0.4, 0.5) is 0 Å². The molecule has 1 nitrogen and oxygen atoms in total. The van der Waals surface area contributed by atoms with Crippen molar-refractivity contribution in [3.8, 4) is 0 Å². The van der Waals surface area contributed by atoms with Crippen LogP contribution in [-0.4, -0.2) is 6.54 Å². The van der Waals surface area contributed by atoms with Crippen LogP contribution >= 0.6 is 0 Å². The fourth-order valence-electron chi connectivity index (χ4n) is 0.524. The van der Waals surface area contributed by atoms with E-state index in [-0.39, 0.29) is 0 Å². The molecule has 6 heavy (non-hydrogen) atoms. The second-order valence-corrected chi connectivity index (χ2v) is 1.81. The minimum absolute atomic E-state index is 0.769. The van der Waals surface area contributed by atoms with E-state index in [1.54, 1.807) is 0 Å². The summed E-state index contributed by atoms with van der Waals surface area (Å²) < 4.78 is 0. The third-order valence-electron chi connectivity index (χ3n) is 1.09. The number of rotatable bonds is 2. The minimum atomic E-state index is 0.769. The molecule has 0 atom stereocenters. The second kappa shape index (κ2) is 1.61. The Labute approximate surface area is 38.5 Å². The lowest BCUT2D eigenvalue weighted by molar-refractivity contribution is 0.931. The van der Waals surface area contributed by atoms with Gasteiger partial charge in [-0.15, -0.1) is 0 Å². The molecule has 1 saturated carbocycles. The van der Waals surface area contributed by atoms with E-state index in [0.717, 1.165) is 12.5 Å². The van der Waals surface area contributed by atoms with Crippen LogP contribution in [0.1, 0.15) is 12.8 Å². The minimum Gasteiger partial charge on any atom is -0.330 e. The molecule has 0 spiro atoms. The molecule has 0 saturated heterocycles. The van der Waals surface area contributed by atoms with Crippen molar-refractivity contribution in [2.24, 2.45) is 11.7 Å². The van der Waals surface area contributed by atoms with Gasteiger partial charge in [0.2, 0.25) is 0 Å². The summed E-state index contributed by atoms with van der Waals surface area (Å²) in [6, 6.07) is 0. The fraction of sp³-hybridized carbons (Fsp3) is 0.800. The van der Waals surface area contributed by atoms with E-state index in [1.807, 2.05) is 0 Å². The van der Waals surface area contributed by atoms with Gasteiger partial charge in [-0.3, -0.25) is 0 Å². The largest absolute Gasteiger partial charge is 0.330 e. The van der Waals surface area contributed by atoms with Gasteiger partial charge in [0.15, 0.2) is 0 Å². The van der Waals surface area contributed by atoms with E-state index in [4.69, 9.17) is 5.73 Å². The topological polar surface area (TPSA) is 26.0 Å². The third kappa shape index (κ3) is 0.977. The molecular formula is C5H10N. The molecule has 1 radical (unpaired) electrons. The van der Waals surface area contributed by atoms with Gasteiger partial charge in [0.25, 0.3) is 0 Å². The molecule has 0 amide bonds. The Kier molecular flexibility index (Phi) is 1.10. The molecule has 1 heteroatoms. The molecule has 2 N–H and O–H groups in total. The summed E-state index contributed by atoms with van der Waals surface area (Å²) in [7, 11) is 0. The van der Waals surface area contributed by atoms with Crippen molar-refractivity contribution >= 4 is 0 Å². The Hall–Kier alpha value is -0.0400. The molecule has 1 fully saturated rings. The van der Waals surface area contributed by atoms with Crippen molar-refractivity contribution in [2.75, 3.05) is 6.54 Å². The molecule has 0 aromatic carbocycles. The summed E-state index contributed by atoms with van der Waals surface area (Å²) in [5.74, 6) is 0.898. The number of hydrogen-bond donors (Lipinski definition) is 1. The first-order valence-electron chi connectivity index (χ1n) is 2.47. The average molecular weight is 84.1 g/mol. The van der Waals surface area contributed by atoms with Gasteiger partial charge in [-0.2, -0.15) is 0 Å². The lowest BCUT2D eigenvalue weighted by Crippen LogP contribution is -1.99. The van der Waals surface area contributed by atoms with E-state index in [0.29, 0.717) is 0 Å². The van der Waals surface area contributed by atoms with E-state index < -0.39 is 0 Å². The molecule has 1 rings (SSSR count). The highest BCUT2D eigenvalue weighted by Gasteiger charge is 2.19. The van der Waals surface area contributed by atoms with Gasteiger partial charge < -0.3 is 5.73 Å². The molecule has 0 unspecified atom stereocenters. The zero-order valence-corrected chi connectivity index (χ0v) is 3.85. The van der Waals surface area contributed by atoms with Crippen LogP contribution in [0.15, 0.2) is 0 Å². The standard InChI is InChI=1S/C5H10N/c6-4-3-5-1-2-5/h3,5H,1-2,4,6H2. The third-order valence-corrected chi connectivity index (χ3v) is 1.09. The highest BCUT2D eigenvalue weighted by atomic mass is 14.5. The molecule has 1 aliphatic carbocycles. The van der Waals surface area contributed by atoms with Crippen molar-refractivity contribution in [2.45, 2.75) is 12.8 Å². The first kappa shape index (κ1) is 4.13. The summed E-state index contributed by atoms with van der Waals surface area (Å²) in [6.07, 6.45) is 4.95. The quantitative estimate of drug-likeness (QED) is 0.519. The Morgan fingerprint density at radius 2 is 2.33 bits per heavy atom. The van der Waals surface area contributed by atoms with Crippen molar-refractivity contribution in [3.05, 3.63) is 6.42 Å². The maximum atomic E-state index is 5.21. The van der Waals surface area contributed by atoms with Crippen LogP contribution in [0, 0.1) is 12.3 Å². The summed E-state index contributed by atoms with van der Waals surface area (Å²) in [4.78, 5) is 0. The van der Waals surface area contributed by atoms with Gasteiger partial charge in [0.05, 0.1) is 0 Å². The summed E-state index contributed by atoms with van der Waals surface area (Å²) in [5.41, 5.74) is 5.21. The summed E-state index contributed by atoms with van der Waals surface area (Å²) >= 11 is 0. The first-order chi connectivity index (χ1) is 2.93. The predicted octanol–water partition coefficient (Wildman–Crippen LogP) is 0.559. The molecule has 0 aromatic rings. The maximum Gasteiger partial charge on any atom is -0.00430 e. The van der Waals surface area contributed by atoms with Gasteiger partial charge in [0, 0.05) is 0 Å². The predicted molar refractivity (Wildman–Crippen MR) is 26.1 cm³/mol. The van der Waals surface area contributed by atoms with Crippen LogP contribution in [0.2, 0.25) is 0 Å². The van der Waals surface area contributed by atoms with E-state index >= 15 is 0 Å². The molecule has 0 heterocycles. The zero-order valence-electron chi connectivity index (χ0n) is 3.85. The highest BCUT2D eigenvalue weighted by Crippen LogP contribution is 2.30. The normalized spacial score (nSPS) is 21.5. The Bertz CT molecular complexity index is 39.2. The lowest BCUT2D eigenvalue weighted by atomic mass is 10.3. The molecular weight excluding hydrogens is 74.1 g/mol. The summed E-state index contributed by atoms with van der Waals surface area (Å²) in [6.45, 7) is 0.769. The monoisotopic (exact) mass is 84.1 g/mol. The van der Waals surface area contributed by atoms with E-state index in [9.17, 15) is 0 Å². The zero-order chi connectivity index (χ0) is 4.41. The van der Waals surface area contributed by atoms with E-state index in [2.05, 4.69) is 6.42 Å². The Morgan fingerprint density at radius 1 is 1.67 bits per heavy atom. The van der Waals surface area contributed by atoms with Gasteiger partial charge in [-0.05, 0) is 31.7 Å². The SMILES string of the molecule is NC[CH]C1CC1. The van der Waals surface area contributed by atoms with Crippen molar-refractivity contribution in [1.29, 1.82) is 0 Å². The van der Waals surface area contributed by atoms with Crippen LogP contribution in [0.3, 0.4) is 0 Å². The highest BCUT2D eigenvalue weighted by molar-refractivity contribution is 4.87. The lowest BCUT2D eigenvalue weighted by Gasteiger charge is -1.82. The maximum absolute atomic E-state index is 5.21. The second-order valence-electron chi connectivity index (χ2n) is 1.81. The van der Waals surface area contributed by atoms with Gasteiger partial charge in [0.1, 0.15) is 0 Å². The van der Waals surface area contributed by atoms with Crippen LogP contribution in [0.5, 0.6) is 0 Å². The van der Waals surface area contributed by atoms with Gasteiger partial charge >= 0.3 is 0 Å². The molecule has 0 aromatic heterocycles. The Balaban J connectivity index is 1.88. The van der Waals surface area contributed by atoms with Crippen LogP contribution in [0.25, 0.3) is 0 Å². The molecule has 35 valence electrons. The smallest absolute Gasteiger partial charge is 0.00430 e. The molecule has 0 bridgehead atoms. The Morgan fingerprint density at radius 3 is 2.50 bits per heavy atom. The molecule has 0 aliphatic heterocycles. The van der Waals surface area contributed by atoms with Gasteiger partial charge in [-0.1, -0.05) is 0 Å². The first-order valence-corrected chi connectivity index (χ1v) is 2.47.